The number of aliphatic hydroxyl groups excluding tert-OH is 1. The third kappa shape index (κ3) is 3.65. The van der Waals surface area contributed by atoms with Gasteiger partial charge in [-0.05, 0) is 42.9 Å². The largest absolute Gasteiger partial charge is 0.394 e. The molecule has 2 N–H and O–H groups in total. The molecule has 5 nitrogen and oxygen atoms in total. The lowest BCUT2D eigenvalue weighted by Gasteiger charge is -2.21. The molecule has 5 heteroatoms. The number of rotatable bonds is 4. The molecule has 120 valence electrons. The summed E-state index contributed by atoms with van der Waals surface area (Å²) in [5.41, 5.74) is 2.98. The van der Waals surface area contributed by atoms with Gasteiger partial charge >= 0.3 is 11.8 Å². The molecule has 1 atom stereocenters. The summed E-state index contributed by atoms with van der Waals surface area (Å²) in [5.74, 6) is -0.858. The number of anilines is 1. The second-order valence-corrected chi connectivity index (χ2v) is 6.32. The Kier molecular flexibility index (Phi) is 5.19. The molecular formula is C17H24N2O3. The van der Waals surface area contributed by atoms with Crippen LogP contribution in [0.1, 0.15) is 31.4 Å². The highest BCUT2D eigenvalue weighted by molar-refractivity contribution is 6.40. The van der Waals surface area contributed by atoms with Crippen LogP contribution in [0.2, 0.25) is 0 Å². The molecule has 0 fully saturated rings. The third-order valence-corrected chi connectivity index (χ3v) is 3.89. The van der Waals surface area contributed by atoms with Gasteiger partial charge in [-0.15, -0.1) is 0 Å². The number of hydrogen-bond donors (Lipinski definition) is 2. The lowest BCUT2D eigenvalue weighted by molar-refractivity contribution is -0.138. The normalized spacial score (nSPS) is 14.9. The van der Waals surface area contributed by atoms with Gasteiger partial charge in [0.25, 0.3) is 0 Å². The van der Waals surface area contributed by atoms with Crippen LogP contribution in [0.3, 0.4) is 0 Å². The quantitative estimate of drug-likeness (QED) is 0.826. The summed E-state index contributed by atoms with van der Waals surface area (Å²) in [4.78, 5) is 26.1. The van der Waals surface area contributed by atoms with Crippen molar-refractivity contribution < 1.29 is 14.7 Å². The molecule has 0 aromatic heterocycles. The Hall–Kier alpha value is -1.88. The monoisotopic (exact) mass is 304 g/mol. The maximum absolute atomic E-state index is 12.4. The molecule has 0 saturated carbocycles. The molecule has 1 unspecified atom stereocenters. The molecular weight excluding hydrogens is 280 g/mol. The lowest BCUT2D eigenvalue weighted by Crippen LogP contribution is -2.47. The van der Waals surface area contributed by atoms with Crippen molar-refractivity contribution in [2.75, 3.05) is 18.1 Å². The zero-order valence-electron chi connectivity index (χ0n) is 13.4. The van der Waals surface area contributed by atoms with E-state index in [4.69, 9.17) is 0 Å². The summed E-state index contributed by atoms with van der Waals surface area (Å²) in [7, 11) is 0. The van der Waals surface area contributed by atoms with Crippen molar-refractivity contribution in [3.63, 3.8) is 0 Å². The van der Waals surface area contributed by atoms with E-state index in [-0.39, 0.29) is 12.6 Å². The Morgan fingerprint density at radius 2 is 2.09 bits per heavy atom. The minimum atomic E-state index is -0.644. The number of fused-ring (bicyclic) bond motifs is 1. The molecule has 2 rings (SSSR count). The fraction of sp³-hybridized carbons (Fsp3) is 0.529. The van der Waals surface area contributed by atoms with Gasteiger partial charge in [0, 0.05) is 12.2 Å². The standard InChI is InChI=1S/C17H24N2O3/c1-11(2)8-14(10-20)18-16(21)17(22)19-7-6-13-5-4-12(3)9-15(13)19/h4-5,9,11,14,20H,6-8,10H2,1-3H3,(H,18,21). The summed E-state index contributed by atoms with van der Waals surface area (Å²) in [6.45, 7) is 6.35. The number of aliphatic hydroxyl groups is 1. The second-order valence-electron chi connectivity index (χ2n) is 6.32. The van der Waals surface area contributed by atoms with Crippen molar-refractivity contribution in [2.45, 2.75) is 39.7 Å². The van der Waals surface area contributed by atoms with E-state index in [0.717, 1.165) is 23.2 Å². The number of carbonyl (C=O) groups is 2. The van der Waals surface area contributed by atoms with Crippen LogP contribution in [-0.4, -0.2) is 36.1 Å². The Morgan fingerprint density at radius 1 is 1.36 bits per heavy atom. The smallest absolute Gasteiger partial charge is 0.316 e. The second kappa shape index (κ2) is 6.92. The fourth-order valence-electron chi connectivity index (χ4n) is 2.82. The molecule has 1 aliphatic rings. The van der Waals surface area contributed by atoms with Crippen LogP contribution in [0.5, 0.6) is 0 Å². The highest BCUT2D eigenvalue weighted by atomic mass is 16.3. The van der Waals surface area contributed by atoms with Crippen LogP contribution in [0.4, 0.5) is 5.69 Å². The Labute approximate surface area is 131 Å². The van der Waals surface area contributed by atoms with Crippen LogP contribution in [0, 0.1) is 12.8 Å². The summed E-state index contributed by atoms with van der Waals surface area (Å²) < 4.78 is 0. The van der Waals surface area contributed by atoms with E-state index in [9.17, 15) is 14.7 Å². The molecule has 1 aromatic rings. The van der Waals surface area contributed by atoms with Crippen LogP contribution < -0.4 is 10.2 Å². The molecule has 1 aromatic carbocycles. The maximum atomic E-state index is 12.4. The number of nitrogens with one attached hydrogen (secondary N) is 1. The average Bonchev–Trinajstić information content (AvgIpc) is 2.87. The zero-order chi connectivity index (χ0) is 16.3. The Morgan fingerprint density at radius 3 is 2.73 bits per heavy atom. The molecule has 2 amide bonds. The number of hydrogen-bond acceptors (Lipinski definition) is 3. The summed E-state index contributed by atoms with van der Waals surface area (Å²) in [6.07, 6.45) is 1.41. The first kappa shape index (κ1) is 16.5. The van der Waals surface area contributed by atoms with Crippen LogP contribution in [0.15, 0.2) is 18.2 Å². The number of nitrogens with zero attached hydrogens (tertiary/aromatic N) is 1. The highest BCUT2D eigenvalue weighted by Crippen LogP contribution is 2.28. The van der Waals surface area contributed by atoms with Crippen LogP contribution >= 0.6 is 0 Å². The molecule has 0 spiro atoms. The van der Waals surface area contributed by atoms with Crippen molar-refractivity contribution in [1.82, 2.24) is 5.32 Å². The third-order valence-electron chi connectivity index (χ3n) is 3.89. The van der Waals surface area contributed by atoms with Gasteiger partial charge in [0.2, 0.25) is 0 Å². The highest BCUT2D eigenvalue weighted by Gasteiger charge is 2.30. The van der Waals surface area contributed by atoms with Crippen molar-refractivity contribution >= 4 is 17.5 Å². The predicted molar refractivity (Wildman–Crippen MR) is 85.7 cm³/mol. The van der Waals surface area contributed by atoms with Crippen molar-refractivity contribution in [3.8, 4) is 0 Å². The number of benzene rings is 1. The van der Waals surface area contributed by atoms with E-state index in [1.165, 1.54) is 4.90 Å². The van der Waals surface area contributed by atoms with E-state index >= 15 is 0 Å². The van der Waals surface area contributed by atoms with E-state index in [0.29, 0.717) is 18.9 Å². The van der Waals surface area contributed by atoms with Crippen LogP contribution in [0.25, 0.3) is 0 Å². The van der Waals surface area contributed by atoms with E-state index in [1.807, 2.05) is 39.0 Å². The summed E-state index contributed by atoms with van der Waals surface area (Å²) in [6, 6.07) is 5.57. The van der Waals surface area contributed by atoms with Gasteiger partial charge in [-0.3, -0.25) is 9.59 Å². The zero-order valence-corrected chi connectivity index (χ0v) is 13.4. The van der Waals surface area contributed by atoms with Crippen molar-refractivity contribution in [3.05, 3.63) is 29.3 Å². The van der Waals surface area contributed by atoms with Crippen molar-refractivity contribution in [2.24, 2.45) is 5.92 Å². The van der Waals surface area contributed by atoms with E-state index < -0.39 is 11.8 Å². The van der Waals surface area contributed by atoms with Gasteiger partial charge in [0.15, 0.2) is 0 Å². The van der Waals surface area contributed by atoms with E-state index in [1.54, 1.807) is 0 Å². The van der Waals surface area contributed by atoms with Gasteiger partial charge in [0.1, 0.15) is 0 Å². The molecule has 0 saturated heterocycles. The summed E-state index contributed by atoms with van der Waals surface area (Å²) >= 11 is 0. The molecule has 22 heavy (non-hydrogen) atoms. The fourth-order valence-corrected chi connectivity index (χ4v) is 2.82. The predicted octanol–water partition coefficient (Wildman–Crippen LogP) is 1.41. The number of amides is 2. The average molecular weight is 304 g/mol. The first-order valence-electron chi connectivity index (χ1n) is 7.75. The first-order valence-corrected chi connectivity index (χ1v) is 7.75. The Bertz CT molecular complexity index is 569. The van der Waals surface area contributed by atoms with Crippen LogP contribution in [-0.2, 0) is 16.0 Å². The van der Waals surface area contributed by atoms with Gasteiger partial charge in [-0.25, -0.2) is 0 Å². The minimum absolute atomic E-state index is 0.160. The molecule has 1 aliphatic heterocycles. The minimum Gasteiger partial charge on any atom is -0.394 e. The van der Waals surface area contributed by atoms with E-state index in [2.05, 4.69) is 5.32 Å². The van der Waals surface area contributed by atoms with Crippen molar-refractivity contribution in [1.29, 1.82) is 0 Å². The first-order chi connectivity index (χ1) is 10.4. The summed E-state index contributed by atoms with van der Waals surface area (Å²) in [5, 5.41) is 12.0. The lowest BCUT2D eigenvalue weighted by atomic mass is 10.0. The van der Waals surface area contributed by atoms with Gasteiger partial charge in [-0.1, -0.05) is 26.0 Å². The SMILES string of the molecule is Cc1ccc2c(c1)N(C(=O)C(=O)NC(CO)CC(C)C)CC2. The number of aryl methyl sites for hydroxylation is 1. The molecule has 0 bridgehead atoms. The Balaban J connectivity index is 2.06. The topological polar surface area (TPSA) is 69.6 Å². The van der Waals surface area contributed by atoms with Gasteiger partial charge in [-0.2, -0.15) is 0 Å². The molecule has 1 heterocycles. The van der Waals surface area contributed by atoms with Gasteiger partial charge in [0.05, 0.1) is 12.6 Å². The molecule has 0 aliphatic carbocycles. The number of carbonyl (C=O) groups excluding carboxylic acids is 2. The maximum Gasteiger partial charge on any atom is 0.316 e. The van der Waals surface area contributed by atoms with Gasteiger partial charge < -0.3 is 15.3 Å². The molecule has 0 radical (unpaired) electrons.